The third-order valence-electron chi connectivity index (χ3n) is 3.97. The van der Waals surface area contributed by atoms with Gasteiger partial charge in [0, 0.05) is 17.8 Å². The SMILES string of the molecule is CCOC(=O)c1c(C)sc2c1C(=C=O)N1CCCCCC1=N2. The van der Waals surface area contributed by atoms with Gasteiger partial charge in [-0.05, 0) is 26.7 Å². The number of nitrogens with zero attached hydrogens (tertiary/aromatic N) is 2. The molecule has 2 aliphatic rings. The molecule has 0 aliphatic carbocycles. The number of ether oxygens (including phenoxy) is 1. The minimum absolute atomic E-state index is 0.307. The lowest BCUT2D eigenvalue weighted by Gasteiger charge is -2.28. The van der Waals surface area contributed by atoms with E-state index in [4.69, 9.17) is 9.73 Å². The van der Waals surface area contributed by atoms with Gasteiger partial charge in [0.15, 0.2) is 5.94 Å². The van der Waals surface area contributed by atoms with Crippen molar-refractivity contribution in [3.63, 3.8) is 0 Å². The monoisotopic (exact) mass is 318 g/mol. The Morgan fingerprint density at radius 2 is 2.23 bits per heavy atom. The first-order chi connectivity index (χ1) is 10.7. The van der Waals surface area contributed by atoms with E-state index in [1.54, 1.807) is 6.92 Å². The zero-order valence-corrected chi connectivity index (χ0v) is 13.6. The number of rotatable bonds is 2. The highest BCUT2D eigenvalue weighted by atomic mass is 32.1. The van der Waals surface area contributed by atoms with Crippen LogP contribution in [0.25, 0.3) is 5.70 Å². The Kier molecular flexibility index (Phi) is 4.14. The number of aliphatic imine (C=N–C) groups is 1. The predicted molar refractivity (Wildman–Crippen MR) is 86.4 cm³/mol. The molecule has 1 fully saturated rings. The maximum Gasteiger partial charge on any atom is 0.340 e. The summed E-state index contributed by atoms with van der Waals surface area (Å²) in [6, 6.07) is 0. The van der Waals surface area contributed by atoms with E-state index in [0.29, 0.717) is 23.4 Å². The van der Waals surface area contributed by atoms with Crippen LogP contribution in [0.2, 0.25) is 0 Å². The van der Waals surface area contributed by atoms with E-state index >= 15 is 0 Å². The van der Waals surface area contributed by atoms with Crippen LogP contribution in [-0.2, 0) is 9.53 Å². The third-order valence-corrected chi connectivity index (χ3v) is 4.97. The summed E-state index contributed by atoms with van der Waals surface area (Å²) in [6.45, 7) is 4.69. The Balaban J connectivity index is 2.16. The van der Waals surface area contributed by atoms with Crippen LogP contribution in [0.15, 0.2) is 4.99 Å². The van der Waals surface area contributed by atoms with E-state index in [1.807, 2.05) is 17.8 Å². The lowest BCUT2D eigenvalue weighted by molar-refractivity contribution is 0.0525. The summed E-state index contributed by atoms with van der Waals surface area (Å²) < 4.78 is 5.14. The number of aryl methyl sites for hydroxylation is 1. The topological polar surface area (TPSA) is 59.0 Å². The van der Waals surface area contributed by atoms with Gasteiger partial charge in [0.2, 0.25) is 0 Å². The van der Waals surface area contributed by atoms with Crippen LogP contribution >= 0.6 is 11.3 Å². The van der Waals surface area contributed by atoms with Gasteiger partial charge in [0.05, 0.1) is 17.7 Å². The van der Waals surface area contributed by atoms with Crippen LogP contribution in [0.5, 0.6) is 0 Å². The fourth-order valence-corrected chi connectivity index (χ4v) is 4.02. The number of carbonyl (C=O) groups is 1. The summed E-state index contributed by atoms with van der Waals surface area (Å²) in [5.41, 5.74) is 1.50. The second-order valence-corrected chi connectivity index (χ2v) is 6.58. The van der Waals surface area contributed by atoms with Crippen molar-refractivity contribution in [1.82, 2.24) is 4.90 Å². The van der Waals surface area contributed by atoms with Gasteiger partial charge in [-0.2, -0.15) is 0 Å². The molecule has 0 aromatic carbocycles. The summed E-state index contributed by atoms with van der Waals surface area (Å²) in [5.74, 6) is 2.58. The van der Waals surface area contributed by atoms with Gasteiger partial charge in [-0.3, -0.25) is 0 Å². The number of amidine groups is 1. The molecule has 1 saturated heterocycles. The maximum absolute atomic E-state index is 12.3. The first kappa shape index (κ1) is 15.0. The van der Waals surface area contributed by atoms with E-state index in [1.165, 1.54) is 11.3 Å². The molecule has 2 aliphatic heterocycles. The molecule has 1 aromatic rings. The van der Waals surface area contributed by atoms with Crippen molar-refractivity contribution in [2.75, 3.05) is 13.2 Å². The van der Waals surface area contributed by atoms with Gasteiger partial charge < -0.3 is 9.64 Å². The van der Waals surface area contributed by atoms with Crippen LogP contribution in [0.4, 0.5) is 5.00 Å². The zero-order chi connectivity index (χ0) is 15.7. The van der Waals surface area contributed by atoms with Gasteiger partial charge in [-0.15, -0.1) is 11.3 Å². The van der Waals surface area contributed by atoms with Crippen LogP contribution < -0.4 is 0 Å². The number of hydrogen-bond donors (Lipinski definition) is 0. The normalized spacial score (nSPS) is 17.1. The molecular weight excluding hydrogens is 300 g/mol. The average molecular weight is 318 g/mol. The van der Waals surface area contributed by atoms with Crippen molar-refractivity contribution < 1.29 is 14.3 Å². The van der Waals surface area contributed by atoms with Crippen LogP contribution in [-0.4, -0.2) is 35.8 Å². The summed E-state index contributed by atoms with van der Waals surface area (Å²) in [4.78, 5) is 31.4. The molecule has 5 nitrogen and oxygen atoms in total. The number of thiophene rings is 1. The van der Waals surface area contributed by atoms with Gasteiger partial charge in [0.1, 0.15) is 16.5 Å². The third kappa shape index (κ3) is 2.38. The standard InChI is InChI=1S/C16H18N2O3S/c1-3-21-16(20)13-10(2)22-15-14(13)11(9-19)18-8-6-4-5-7-12(18)17-15/h3-8H2,1-2H3. The van der Waals surface area contributed by atoms with E-state index in [-0.39, 0.29) is 0 Å². The molecule has 0 unspecified atom stereocenters. The molecule has 3 heterocycles. The minimum Gasteiger partial charge on any atom is -0.462 e. The average Bonchev–Trinajstić information content (AvgIpc) is 2.67. The fourth-order valence-electron chi connectivity index (χ4n) is 2.99. The second kappa shape index (κ2) is 6.07. The van der Waals surface area contributed by atoms with Crippen LogP contribution in [0, 0.1) is 6.92 Å². The molecule has 0 N–H and O–H groups in total. The highest BCUT2D eigenvalue weighted by Crippen LogP contribution is 2.44. The Bertz CT molecular complexity index is 698. The summed E-state index contributed by atoms with van der Waals surface area (Å²) >= 11 is 1.44. The Morgan fingerprint density at radius 1 is 1.41 bits per heavy atom. The van der Waals surface area contributed by atoms with Crippen molar-refractivity contribution >= 4 is 39.8 Å². The number of esters is 1. The van der Waals surface area contributed by atoms with Gasteiger partial charge in [-0.1, -0.05) is 6.42 Å². The van der Waals surface area contributed by atoms with Crippen molar-refractivity contribution in [3.8, 4) is 0 Å². The molecule has 0 atom stereocenters. The molecule has 0 bridgehead atoms. The lowest BCUT2D eigenvalue weighted by atomic mass is 10.0. The van der Waals surface area contributed by atoms with Crippen molar-refractivity contribution in [1.29, 1.82) is 0 Å². The smallest absolute Gasteiger partial charge is 0.340 e. The lowest BCUT2D eigenvalue weighted by Crippen LogP contribution is -2.32. The highest BCUT2D eigenvalue weighted by molar-refractivity contribution is 7.16. The minimum atomic E-state index is -0.390. The molecule has 0 saturated carbocycles. The summed E-state index contributed by atoms with van der Waals surface area (Å²) in [7, 11) is 0. The Morgan fingerprint density at radius 3 is 2.95 bits per heavy atom. The number of hydrogen-bond acceptors (Lipinski definition) is 6. The molecule has 22 heavy (non-hydrogen) atoms. The second-order valence-electron chi connectivity index (χ2n) is 5.37. The Labute approximate surface area is 133 Å². The van der Waals surface area contributed by atoms with Crippen molar-refractivity contribution in [2.24, 2.45) is 4.99 Å². The van der Waals surface area contributed by atoms with E-state index in [9.17, 15) is 9.59 Å². The summed E-state index contributed by atoms with van der Waals surface area (Å²) in [5, 5.41) is 0.729. The zero-order valence-electron chi connectivity index (χ0n) is 12.8. The van der Waals surface area contributed by atoms with Crippen molar-refractivity contribution in [2.45, 2.75) is 39.5 Å². The molecular formula is C16H18N2O3S. The quantitative estimate of drug-likeness (QED) is 0.620. The molecule has 0 radical (unpaired) electrons. The summed E-state index contributed by atoms with van der Waals surface area (Å²) in [6.07, 6.45) is 4.07. The number of carbonyl (C=O) groups excluding carboxylic acids is 2. The molecule has 3 rings (SSSR count). The molecule has 0 amide bonds. The van der Waals surface area contributed by atoms with Gasteiger partial charge in [0.25, 0.3) is 0 Å². The van der Waals surface area contributed by atoms with E-state index in [2.05, 4.69) is 0 Å². The Hall–Kier alpha value is -1.91. The van der Waals surface area contributed by atoms with Crippen molar-refractivity contribution in [3.05, 3.63) is 16.0 Å². The fraction of sp³-hybridized carbons (Fsp3) is 0.500. The van der Waals surface area contributed by atoms with Crippen LogP contribution in [0.3, 0.4) is 0 Å². The molecule has 116 valence electrons. The molecule has 1 aromatic heterocycles. The maximum atomic E-state index is 12.3. The highest BCUT2D eigenvalue weighted by Gasteiger charge is 2.34. The van der Waals surface area contributed by atoms with E-state index < -0.39 is 5.97 Å². The first-order valence-electron chi connectivity index (χ1n) is 7.58. The van der Waals surface area contributed by atoms with Crippen LogP contribution in [0.1, 0.15) is 53.4 Å². The molecule has 0 spiro atoms. The number of fused-ring (bicyclic) bond motifs is 2. The van der Waals surface area contributed by atoms with Gasteiger partial charge in [-0.25, -0.2) is 14.6 Å². The predicted octanol–water partition coefficient (Wildman–Crippen LogP) is 3.33. The first-order valence-corrected chi connectivity index (χ1v) is 8.40. The molecule has 6 heteroatoms. The van der Waals surface area contributed by atoms with E-state index in [0.717, 1.165) is 47.9 Å². The largest absolute Gasteiger partial charge is 0.462 e. The van der Waals surface area contributed by atoms with Gasteiger partial charge >= 0.3 is 5.97 Å².